The van der Waals surface area contributed by atoms with Crippen molar-refractivity contribution < 1.29 is 22.7 Å². The van der Waals surface area contributed by atoms with Crippen molar-refractivity contribution in [3.63, 3.8) is 0 Å². The van der Waals surface area contributed by atoms with Crippen molar-refractivity contribution >= 4 is 21.6 Å². The smallest absolute Gasteiger partial charge is 0.243 e. The van der Waals surface area contributed by atoms with E-state index in [-0.39, 0.29) is 23.3 Å². The number of anilines is 1. The van der Waals surface area contributed by atoms with Crippen molar-refractivity contribution in [2.24, 2.45) is 5.92 Å². The molecule has 2 heterocycles. The minimum absolute atomic E-state index is 0.0457. The molecule has 178 valence electrons. The van der Waals surface area contributed by atoms with Crippen LogP contribution in [-0.4, -0.2) is 77.0 Å². The molecule has 2 aromatic carbocycles. The average Bonchev–Trinajstić information content (AvgIpc) is 2.88. The minimum Gasteiger partial charge on any atom is -0.497 e. The predicted molar refractivity (Wildman–Crippen MR) is 126 cm³/mol. The highest BCUT2D eigenvalue weighted by atomic mass is 32.2. The van der Waals surface area contributed by atoms with Gasteiger partial charge in [0.15, 0.2) is 0 Å². The summed E-state index contributed by atoms with van der Waals surface area (Å²) < 4.78 is 38.3. The van der Waals surface area contributed by atoms with Crippen molar-refractivity contribution in [2.75, 3.05) is 58.4 Å². The number of carbonyl (C=O) groups is 1. The van der Waals surface area contributed by atoms with Crippen molar-refractivity contribution in [1.82, 2.24) is 9.21 Å². The van der Waals surface area contributed by atoms with Crippen molar-refractivity contribution in [2.45, 2.75) is 17.7 Å². The summed E-state index contributed by atoms with van der Waals surface area (Å²) in [5.74, 6) is 1.16. The molecule has 0 spiro atoms. The molecule has 0 saturated carbocycles. The van der Waals surface area contributed by atoms with E-state index in [0.717, 1.165) is 11.4 Å². The van der Waals surface area contributed by atoms with E-state index >= 15 is 0 Å². The third-order valence-electron chi connectivity index (χ3n) is 6.45. The highest BCUT2D eigenvalue weighted by Gasteiger charge is 2.36. The molecule has 1 atom stereocenters. The summed E-state index contributed by atoms with van der Waals surface area (Å²) in [5, 5.41) is 0. The van der Waals surface area contributed by atoms with Crippen LogP contribution in [0.15, 0.2) is 53.4 Å². The van der Waals surface area contributed by atoms with Crippen LogP contribution in [0.5, 0.6) is 11.5 Å². The molecule has 0 aromatic heterocycles. The van der Waals surface area contributed by atoms with E-state index in [4.69, 9.17) is 9.47 Å². The molecular weight excluding hydrogens is 442 g/mol. The number of carbonyl (C=O) groups excluding carboxylic acids is 1. The summed E-state index contributed by atoms with van der Waals surface area (Å²) in [7, 11) is -0.449. The number of hydrogen-bond acceptors (Lipinski definition) is 6. The molecule has 0 radical (unpaired) electrons. The fraction of sp³-hybridized carbons (Fsp3) is 0.458. The molecule has 0 bridgehead atoms. The number of sulfonamides is 1. The second-order valence-electron chi connectivity index (χ2n) is 8.36. The topological polar surface area (TPSA) is 79.4 Å². The van der Waals surface area contributed by atoms with Gasteiger partial charge in [0.05, 0.1) is 30.7 Å². The number of methoxy groups -OCH3 is 2. The highest BCUT2D eigenvalue weighted by Crippen LogP contribution is 2.30. The molecular formula is C24H31N3O5S. The fourth-order valence-electron chi connectivity index (χ4n) is 4.58. The van der Waals surface area contributed by atoms with Crippen LogP contribution in [0.4, 0.5) is 5.69 Å². The number of para-hydroxylation sites is 2. The number of benzene rings is 2. The van der Waals surface area contributed by atoms with Gasteiger partial charge >= 0.3 is 0 Å². The van der Waals surface area contributed by atoms with Gasteiger partial charge in [0.1, 0.15) is 11.5 Å². The van der Waals surface area contributed by atoms with Gasteiger partial charge in [0, 0.05) is 39.3 Å². The Bertz CT molecular complexity index is 1070. The molecule has 2 saturated heterocycles. The molecule has 33 heavy (non-hydrogen) atoms. The molecule has 4 rings (SSSR count). The molecule has 1 amide bonds. The Morgan fingerprint density at radius 2 is 1.61 bits per heavy atom. The van der Waals surface area contributed by atoms with Gasteiger partial charge in [-0.25, -0.2) is 8.42 Å². The van der Waals surface area contributed by atoms with Crippen molar-refractivity contribution in [3.8, 4) is 11.5 Å². The van der Waals surface area contributed by atoms with Crippen molar-refractivity contribution in [3.05, 3.63) is 48.5 Å². The first-order valence-electron chi connectivity index (χ1n) is 11.2. The van der Waals surface area contributed by atoms with Gasteiger partial charge in [-0.3, -0.25) is 4.79 Å². The van der Waals surface area contributed by atoms with E-state index in [2.05, 4.69) is 4.90 Å². The van der Waals surface area contributed by atoms with E-state index in [1.807, 2.05) is 29.2 Å². The van der Waals surface area contributed by atoms with Crippen LogP contribution in [0.2, 0.25) is 0 Å². The van der Waals surface area contributed by atoms with Gasteiger partial charge in [-0.2, -0.15) is 4.31 Å². The largest absolute Gasteiger partial charge is 0.497 e. The first-order valence-corrected chi connectivity index (χ1v) is 12.7. The van der Waals surface area contributed by atoms with Gasteiger partial charge in [0.2, 0.25) is 15.9 Å². The van der Waals surface area contributed by atoms with Crippen molar-refractivity contribution in [1.29, 1.82) is 0 Å². The maximum Gasteiger partial charge on any atom is 0.243 e. The van der Waals surface area contributed by atoms with E-state index < -0.39 is 10.0 Å². The lowest BCUT2D eigenvalue weighted by atomic mass is 9.97. The van der Waals surface area contributed by atoms with E-state index in [9.17, 15) is 13.2 Å². The van der Waals surface area contributed by atoms with E-state index in [1.165, 1.54) is 4.31 Å². The molecule has 0 unspecified atom stereocenters. The Hall–Kier alpha value is -2.78. The Balaban J connectivity index is 1.39. The number of rotatable bonds is 6. The molecule has 8 nitrogen and oxygen atoms in total. The second-order valence-corrected chi connectivity index (χ2v) is 10.3. The van der Waals surface area contributed by atoms with Gasteiger partial charge in [-0.1, -0.05) is 12.1 Å². The Morgan fingerprint density at radius 1 is 0.909 bits per heavy atom. The van der Waals surface area contributed by atoms with Gasteiger partial charge in [-0.15, -0.1) is 0 Å². The lowest BCUT2D eigenvalue weighted by Crippen LogP contribution is -2.53. The quantitative estimate of drug-likeness (QED) is 0.641. The van der Waals surface area contributed by atoms with Crippen LogP contribution in [-0.2, 0) is 14.8 Å². The van der Waals surface area contributed by atoms with Crippen LogP contribution >= 0.6 is 0 Å². The van der Waals surface area contributed by atoms with Gasteiger partial charge in [-0.05, 0) is 49.2 Å². The molecule has 2 fully saturated rings. The fourth-order valence-corrected chi connectivity index (χ4v) is 6.10. The van der Waals surface area contributed by atoms with Crippen LogP contribution in [0.1, 0.15) is 12.8 Å². The normalized spacial score (nSPS) is 19.9. The zero-order valence-electron chi connectivity index (χ0n) is 19.1. The lowest BCUT2D eigenvalue weighted by molar-refractivity contribution is -0.137. The van der Waals surface area contributed by atoms with Crippen LogP contribution in [0.25, 0.3) is 0 Å². The van der Waals surface area contributed by atoms with Crippen LogP contribution in [0, 0.1) is 5.92 Å². The van der Waals surface area contributed by atoms with E-state index in [0.29, 0.717) is 51.3 Å². The second kappa shape index (κ2) is 10.0. The Labute approximate surface area is 195 Å². The summed E-state index contributed by atoms with van der Waals surface area (Å²) in [6.07, 6.45) is 1.38. The standard InChI is InChI=1S/C24H31N3O5S/c1-31-20-9-11-21(12-10-20)33(29,30)27-13-5-6-19(18-27)24(28)26-16-14-25(15-17-26)22-7-3-4-8-23(22)32-2/h3-4,7-12,19H,5-6,13-18H2,1-2H3/t19-/m1/s1. The molecule has 2 aromatic rings. The first-order chi connectivity index (χ1) is 15.9. The molecule has 0 aliphatic carbocycles. The molecule has 2 aliphatic heterocycles. The van der Waals surface area contributed by atoms with Crippen LogP contribution < -0.4 is 14.4 Å². The Morgan fingerprint density at radius 3 is 2.27 bits per heavy atom. The third kappa shape index (κ3) is 4.94. The average molecular weight is 474 g/mol. The minimum atomic E-state index is -3.65. The maximum atomic E-state index is 13.3. The zero-order valence-corrected chi connectivity index (χ0v) is 20.0. The number of nitrogens with zero attached hydrogens (tertiary/aromatic N) is 3. The highest BCUT2D eigenvalue weighted by molar-refractivity contribution is 7.89. The predicted octanol–water partition coefficient (Wildman–Crippen LogP) is 2.45. The summed E-state index contributed by atoms with van der Waals surface area (Å²) in [6, 6.07) is 14.3. The Kier molecular flexibility index (Phi) is 7.09. The molecule has 0 N–H and O–H groups in total. The summed E-state index contributed by atoms with van der Waals surface area (Å²) in [4.78, 5) is 17.6. The first kappa shape index (κ1) is 23.4. The SMILES string of the molecule is COc1ccc(S(=O)(=O)N2CCC[C@@H](C(=O)N3CCN(c4ccccc4OC)CC3)C2)cc1. The summed E-state index contributed by atoms with van der Waals surface area (Å²) >= 11 is 0. The zero-order chi connectivity index (χ0) is 23.4. The number of piperidine rings is 1. The van der Waals surface area contributed by atoms with Gasteiger partial charge in [0.25, 0.3) is 0 Å². The number of piperazine rings is 1. The monoisotopic (exact) mass is 473 g/mol. The number of hydrogen-bond donors (Lipinski definition) is 0. The van der Waals surface area contributed by atoms with Crippen LogP contribution in [0.3, 0.4) is 0 Å². The molecule has 9 heteroatoms. The van der Waals surface area contributed by atoms with Gasteiger partial charge < -0.3 is 19.3 Å². The number of ether oxygens (including phenoxy) is 2. The summed E-state index contributed by atoms with van der Waals surface area (Å²) in [6.45, 7) is 3.30. The maximum absolute atomic E-state index is 13.3. The lowest BCUT2D eigenvalue weighted by Gasteiger charge is -2.39. The molecule has 2 aliphatic rings. The summed E-state index contributed by atoms with van der Waals surface area (Å²) in [5.41, 5.74) is 1.03. The van der Waals surface area contributed by atoms with E-state index in [1.54, 1.807) is 38.5 Å². The third-order valence-corrected chi connectivity index (χ3v) is 8.33. The number of amides is 1.